The van der Waals surface area contributed by atoms with Crippen LogP contribution in [0.15, 0.2) is 41.7 Å². The number of carbonyl (C=O) groups excluding carboxylic acids is 1. The molecule has 0 aliphatic carbocycles. The van der Waals surface area contributed by atoms with E-state index in [1.54, 1.807) is 30.4 Å². The van der Waals surface area contributed by atoms with Gasteiger partial charge in [0.1, 0.15) is 5.69 Å². The summed E-state index contributed by atoms with van der Waals surface area (Å²) in [6.45, 7) is 9.71. The molecule has 1 aromatic carbocycles. The van der Waals surface area contributed by atoms with Crippen LogP contribution < -0.4 is 5.56 Å². The average molecular weight is 316 g/mol. The molecule has 0 bridgehead atoms. The quantitative estimate of drug-likeness (QED) is 0.687. The first-order valence-corrected chi connectivity index (χ1v) is 7.43. The number of H-pyrrole nitrogens is 1. The molecule has 0 radical (unpaired) electrons. The third kappa shape index (κ3) is 4.39. The molecule has 0 aliphatic rings. The normalized spacial score (nSPS) is 10.7. The Kier molecular flexibility index (Phi) is 6.93. The summed E-state index contributed by atoms with van der Waals surface area (Å²) < 4.78 is 4.64. The van der Waals surface area contributed by atoms with Crippen molar-refractivity contribution < 1.29 is 11.0 Å². The molecule has 1 N–H and O–H groups in total. The molecular formula is C18H24N2O3. The van der Waals surface area contributed by atoms with E-state index in [9.17, 15) is 9.59 Å². The zero-order valence-electron chi connectivity index (χ0n) is 14.0. The van der Waals surface area contributed by atoms with Gasteiger partial charge < -0.3 is 9.72 Å². The van der Waals surface area contributed by atoms with E-state index in [0.29, 0.717) is 27.9 Å². The molecular weight excluding hydrogens is 292 g/mol. The van der Waals surface area contributed by atoms with Crippen molar-refractivity contribution in [2.24, 2.45) is 0 Å². The number of esters is 1. The number of hydrogen-bond acceptors (Lipinski definition) is 4. The van der Waals surface area contributed by atoms with Gasteiger partial charge in [0, 0.05) is 7.00 Å². The Morgan fingerprint density at radius 3 is 2.61 bits per heavy atom. The second-order valence-electron chi connectivity index (χ2n) is 4.79. The van der Waals surface area contributed by atoms with Gasteiger partial charge in [-0.2, -0.15) is 0 Å². The number of methoxy groups -OCH3 is 1. The molecule has 2 rings (SSSR count). The van der Waals surface area contributed by atoms with Gasteiger partial charge in [-0.1, -0.05) is 39.0 Å². The van der Waals surface area contributed by atoms with E-state index in [1.807, 2.05) is 6.92 Å². The lowest BCUT2D eigenvalue weighted by atomic mass is 10.1. The highest BCUT2D eigenvalue weighted by Crippen LogP contribution is 2.15. The molecule has 5 heteroatoms. The Labute approximate surface area is 137 Å². The van der Waals surface area contributed by atoms with Crippen LogP contribution in [0.1, 0.15) is 44.7 Å². The SMILES string of the molecule is C=C/C(=C\C)c1nc2ccc(C(=O)OC)cc2[nH]c1=O.CCC.[HH]. The van der Waals surface area contributed by atoms with Crippen molar-refractivity contribution in [3.63, 3.8) is 0 Å². The summed E-state index contributed by atoms with van der Waals surface area (Å²) in [5, 5.41) is 0. The van der Waals surface area contributed by atoms with Gasteiger partial charge in [-0.25, -0.2) is 9.78 Å². The molecule has 0 unspecified atom stereocenters. The van der Waals surface area contributed by atoms with Gasteiger partial charge in [-0.3, -0.25) is 4.79 Å². The minimum Gasteiger partial charge on any atom is -0.465 e. The standard InChI is InChI=1S/C15H14N2O3.C3H8.H2/c1-4-9(5-2)13-14(18)17-12-8-10(15(19)20-3)6-7-11(12)16-13;1-3-2;/h4-8H,1H2,2-3H3,(H,17,18);3H2,1-2H3;1H/b9-5+;;. The van der Waals surface area contributed by atoms with Crippen LogP contribution in [0.4, 0.5) is 0 Å². The van der Waals surface area contributed by atoms with Crippen molar-refractivity contribution in [1.29, 1.82) is 0 Å². The maximum atomic E-state index is 12.0. The molecule has 1 heterocycles. The third-order valence-electron chi connectivity index (χ3n) is 2.92. The fourth-order valence-corrected chi connectivity index (χ4v) is 1.88. The molecule has 1 aromatic heterocycles. The van der Waals surface area contributed by atoms with Gasteiger partial charge >= 0.3 is 5.97 Å². The van der Waals surface area contributed by atoms with Crippen LogP contribution in [0.2, 0.25) is 0 Å². The Morgan fingerprint density at radius 2 is 2.09 bits per heavy atom. The lowest BCUT2D eigenvalue weighted by Crippen LogP contribution is -2.14. The van der Waals surface area contributed by atoms with E-state index in [1.165, 1.54) is 13.5 Å². The average Bonchev–Trinajstić information content (AvgIpc) is 2.56. The minimum absolute atomic E-state index is 0. The van der Waals surface area contributed by atoms with Crippen molar-refractivity contribution >= 4 is 22.6 Å². The Bertz CT molecular complexity index is 794. The number of hydrogen-bond donors (Lipinski definition) is 1. The second kappa shape index (κ2) is 8.68. The summed E-state index contributed by atoms with van der Waals surface area (Å²) in [5.41, 5.74) is 2.08. The maximum Gasteiger partial charge on any atom is 0.337 e. The zero-order valence-corrected chi connectivity index (χ0v) is 14.0. The monoisotopic (exact) mass is 316 g/mol. The molecule has 0 aliphatic heterocycles. The van der Waals surface area contributed by atoms with E-state index in [4.69, 9.17) is 0 Å². The number of nitrogens with zero attached hydrogens (tertiary/aromatic N) is 1. The van der Waals surface area contributed by atoms with E-state index < -0.39 is 5.97 Å². The second-order valence-corrected chi connectivity index (χ2v) is 4.79. The first kappa shape index (κ1) is 18.4. The van der Waals surface area contributed by atoms with Crippen molar-refractivity contribution in [2.75, 3.05) is 7.11 Å². The van der Waals surface area contributed by atoms with Gasteiger partial charge in [0.05, 0.1) is 23.7 Å². The van der Waals surface area contributed by atoms with Crippen LogP contribution in [-0.4, -0.2) is 23.0 Å². The first-order chi connectivity index (χ1) is 11.0. The predicted molar refractivity (Wildman–Crippen MR) is 95.6 cm³/mol. The number of aromatic nitrogens is 2. The largest absolute Gasteiger partial charge is 0.465 e. The van der Waals surface area contributed by atoms with Crippen LogP contribution in [0, 0.1) is 0 Å². The number of ether oxygens (including phenoxy) is 1. The number of rotatable bonds is 3. The summed E-state index contributed by atoms with van der Waals surface area (Å²) in [7, 11) is 1.30. The number of allylic oxidation sites excluding steroid dienone is 3. The van der Waals surface area contributed by atoms with Crippen molar-refractivity contribution in [1.82, 2.24) is 9.97 Å². The Morgan fingerprint density at radius 1 is 1.43 bits per heavy atom. The lowest BCUT2D eigenvalue weighted by Gasteiger charge is -2.04. The highest BCUT2D eigenvalue weighted by Gasteiger charge is 2.10. The molecule has 124 valence electrons. The number of aromatic amines is 1. The number of benzene rings is 1. The topological polar surface area (TPSA) is 72.0 Å². The fourth-order valence-electron chi connectivity index (χ4n) is 1.88. The summed E-state index contributed by atoms with van der Waals surface area (Å²) in [6, 6.07) is 4.81. The highest BCUT2D eigenvalue weighted by molar-refractivity contribution is 5.93. The number of fused-ring (bicyclic) bond motifs is 1. The molecule has 0 fully saturated rings. The van der Waals surface area contributed by atoms with E-state index in [2.05, 4.69) is 35.1 Å². The van der Waals surface area contributed by atoms with E-state index in [-0.39, 0.29) is 6.99 Å². The van der Waals surface area contributed by atoms with E-state index >= 15 is 0 Å². The first-order valence-electron chi connectivity index (χ1n) is 7.43. The van der Waals surface area contributed by atoms with Crippen LogP contribution in [0.3, 0.4) is 0 Å². The summed E-state index contributed by atoms with van der Waals surface area (Å²) in [6.07, 6.45) is 4.59. The van der Waals surface area contributed by atoms with Gasteiger partial charge in [0.2, 0.25) is 0 Å². The van der Waals surface area contributed by atoms with Gasteiger partial charge in [0.15, 0.2) is 0 Å². The summed E-state index contributed by atoms with van der Waals surface area (Å²) >= 11 is 0. The van der Waals surface area contributed by atoms with Crippen LogP contribution in [0.25, 0.3) is 16.6 Å². The van der Waals surface area contributed by atoms with Gasteiger partial charge in [0.25, 0.3) is 5.56 Å². The Balaban J connectivity index is 0.00000123. The molecule has 0 amide bonds. The third-order valence-corrected chi connectivity index (χ3v) is 2.92. The summed E-state index contributed by atoms with van der Waals surface area (Å²) in [4.78, 5) is 30.5. The molecule has 0 saturated carbocycles. The number of carbonyl (C=O) groups is 1. The molecule has 5 nitrogen and oxygen atoms in total. The predicted octanol–water partition coefficient (Wildman–Crippen LogP) is 3.96. The fraction of sp³-hybridized carbons (Fsp3) is 0.278. The molecule has 0 saturated heterocycles. The van der Waals surface area contributed by atoms with Crippen LogP contribution in [-0.2, 0) is 4.74 Å². The molecule has 23 heavy (non-hydrogen) atoms. The van der Waals surface area contributed by atoms with Crippen molar-refractivity contribution in [3.05, 3.63) is 58.5 Å². The number of nitrogens with one attached hydrogen (secondary N) is 1. The van der Waals surface area contributed by atoms with Crippen LogP contribution >= 0.6 is 0 Å². The van der Waals surface area contributed by atoms with Crippen molar-refractivity contribution in [2.45, 2.75) is 27.2 Å². The molecule has 0 atom stereocenters. The highest BCUT2D eigenvalue weighted by atomic mass is 16.5. The maximum absolute atomic E-state index is 12.0. The van der Waals surface area contributed by atoms with Crippen molar-refractivity contribution in [3.8, 4) is 0 Å². The molecule has 0 spiro atoms. The van der Waals surface area contributed by atoms with E-state index in [0.717, 1.165) is 0 Å². The van der Waals surface area contributed by atoms with Gasteiger partial charge in [-0.05, 0) is 25.1 Å². The van der Waals surface area contributed by atoms with Gasteiger partial charge in [-0.15, -0.1) is 0 Å². The molecule has 2 aromatic rings. The smallest absolute Gasteiger partial charge is 0.337 e. The summed E-state index contributed by atoms with van der Waals surface area (Å²) in [5.74, 6) is -0.461. The Hall–Kier alpha value is -2.69. The lowest BCUT2D eigenvalue weighted by molar-refractivity contribution is 0.0601. The minimum atomic E-state index is -0.461. The zero-order chi connectivity index (χ0) is 17.4. The van der Waals surface area contributed by atoms with Crippen LogP contribution in [0.5, 0.6) is 0 Å².